The van der Waals surface area contributed by atoms with Crippen molar-refractivity contribution in [3.05, 3.63) is 35.1 Å². The van der Waals surface area contributed by atoms with Crippen molar-refractivity contribution in [3.63, 3.8) is 0 Å². The van der Waals surface area contributed by atoms with Crippen LogP contribution in [0.15, 0.2) is 18.2 Å². The second kappa shape index (κ2) is 6.45. The molecule has 0 radical (unpaired) electrons. The molecule has 0 unspecified atom stereocenters. The maximum absolute atomic E-state index is 13.3. The molecule has 0 aromatic heterocycles. The quantitative estimate of drug-likeness (QED) is 0.827. The Bertz CT molecular complexity index is 390. The maximum Gasteiger partial charge on any atom is 0.322 e. The number of hydrogen-bond donors (Lipinski definition) is 1. The fourth-order valence-corrected chi connectivity index (χ4v) is 1.21. The molecular weight excluding hydrogens is 233 g/mol. The number of halogens is 2. The van der Waals surface area contributed by atoms with Gasteiger partial charge in [-0.1, -0.05) is 12.1 Å². The summed E-state index contributed by atoms with van der Waals surface area (Å²) >= 11 is 0. The van der Waals surface area contributed by atoms with Crippen molar-refractivity contribution >= 4 is 18.4 Å². The Hall–Kier alpha value is -1.13. The summed E-state index contributed by atoms with van der Waals surface area (Å²) in [6.07, 6.45) is 0.224. The van der Waals surface area contributed by atoms with Crippen molar-refractivity contribution in [3.8, 4) is 0 Å². The van der Waals surface area contributed by atoms with Gasteiger partial charge in [0.05, 0.1) is 7.11 Å². The number of nitrogens with two attached hydrogens (primary N) is 1. The Labute approximate surface area is 102 Å². The molecule has 0 aliphatic rings. The van der Waals surface area contributed by atoms with Crippen LogP contribution in [0, 0.1) is 12.7 Å². The minimum Gasteiger partial charge on any atom is -0.468 e. The average molecular weight is 249 g/mol. The Morgan fingerprint density at radius 3 is 2.88 bits per heavy atom. The summed E-state index contributed by atoms with van der Waals surface area (Å²) in [5, 5.41) is 0. The number of ether oxygens (including phenoxy) is 1. The van der Waals surface area contributed by atoms with Gasteiger partial charge < -0.3 is 10.5 Å². The molecule has 0 saturated carbocycles. The second-order valence-corrected chi connectivity index (χ2v) is 3.26. The van der Waals surface area contributed by atoms with E-state index in [9.17, 15) is 9.18 Å². The van der Waals surface area contributed by atoms with Crippen molar-refractivity contribution in [2.45, 2.75) is 19.4 Å². The van der Waals surface area contributed by atoms with Crippen molar-refractivity contribution < 1.29 is 15.3 Å². The lowest BCUT2D eigenvalue weighted by Gasteiger charge is -2.09. The highest BCUT2D eigenvalue weighted by Gasteiger charge is 2.14. The third-order valence-electron chi connectivity index (χ3n) is 2.08. The molecule has 0 heterocycles. The van der Waals surface area contributed by atoms with Gasteiger partial charge in [0.25, 0.3) is 0 Å². The molecule has 1 aromatic carbocycles. The highest BCUT2D eigenvalue weighted by molar-refractivity contribution is 5.85. The van der Waals surface area contributed by atoms with Crippen LogP contribution in [0.3, 0.4) is 0 Å². The Morgan fingerprint density at radius 1 is 1.69 bits per heavy atom. The highest BCUT2D eigenvalue weighted by Crippen LogP contribution is 2.10. The summed E-state index contributed by atoms with van der Waals surface area (Å²) in [6.45, 7) is -0.102. The fraction of sp³-hybridized carbons (Fsp3) is 0.364. The molecule has 0 spiro atoms. The van der Waals surface area contributed by atoms with Crippen LogP contribution in [0.25, 0.3) is 0 Å². The standard InChI is InChI=1S/C11H14FNO2.ClH/c1-7-3-4-8(5-9(7)12)6-10(13)11(14)15-2;/h3-5,10H,6,13H2,1-2H3;1H/t10-;/m0./s1/i1D;. The van der Waals surface area contributed by atoms with E-state index in [0.29, 0.717) is 11.1 Å². The smallest absolute Gasteiger partial charge is 0.322 e. The van der Waals surface area contributed by atoms with Gasteiger partial charge >= 0.3 is 5.97 Å². The number of hydrogen-bond acceptors (Lipinski definition) is 3. The van der Waals surface area contributed by atoms with Crippen LogP contribution < -0.4 is 5.73 Å². The minimum absolute atomic E-state index is 0. The molecule has 0 aliphatic carbocycles. The van der Waals surface area contributed by atoms with Crippen molar-refractivity contribution in [1.82, 2.24) is 0 Å². The summed E-state index contributed by atoms with van der Waals surface area (Å²) in [5.41, 5.74) is 6.49. The van der Waals surface area contributed by atoms with E-state index in [4.69, 9.17) is 7.10 Å². The zero-order valence-electron chi connectivity index (χ0n) is 9.90. The van der Waals surface area contributed by atoms with Gasteiger partial charge in [0.2, 0.25) is 0 Å². The van der Waals surface area contributed by atoms with Crippen LogP contribution in [0.5, 0.6) is 0 Å². The number of carbonyl (C=O) groups is 1. The fourth-order valence-electron chi connectivity index (χ4n) is 1.21. The van der Waals surface area contributed by atoms with Gasteiger partial charge in [-0.15, -0.1) is 12.4 Å². The Kier molecular flexibility index (Phi) is 5.22. The molecule has 90 valence electrons. The van der Waals surface area contributed by atoms with Crippen LogP contribution >= 0.6 is 12.4 Å². The van der Waals surface area contributed by atoms with Crippen molar-refractivity contribution in [2.75, 3.05) is 7.11 Å². The van der Waals surface area contributed by atoms with Gasteiger partial charge in [0.1, 0.15) is 11.9 Å². The average Bonchev–Trinajstić information content (AvgIpc) is 2.28. The molecule has 16 heavy (non-hydrogen) atoms. The zero-order chi connectivity index (χ0) is 12.1. The maximum atomic E-state index is 13.3. The normalized spacial score (nSPS) is 12.3. The van der Waals surface area contributed by atoms with Crippen LogP contribution in [-0.2, 0) is 16.0 Å². The number of benzene rings is 1. The van der Waals surface area contributed by atoms with Crippen LogP contribution in [0.1, 0.15) is 12.5 Å². The summed E-state index contributed by atoms with van der Waals surface area (Å²) in [6, 6.07) is 3.70. The molecule has 0 bridgehead atoms. The van der Waals surface area contributed by atoms with E-state index in [2.05, 4.69) is 4.74 Å². The first-order valence-corrected chi connectivity index (χ1v) is 4.48. The van der Waals surface area contributed by atoms with Crippen LogP contribution in [0.2, 0.25) is 0 Å². The van der Waals surface area contributed by atoms with Crippen LogP contribution in [0.4, 0.5) is 4.39 Å². The van der Waals surface area contributed by atoms with E-state index in [-0.39, 0.29) is 25.7 Å². The highest BCUT2D eigenvalue weighted by atomic mass is 35.5. The summed E-state index contributed by atoms with van der Waals surface area (Å²) in [5.74, 6) is -0.963. The molecule has 0 saturated heterocycles. The number of esters is 1. The van der Waals surface area contributed by atoms with Gasteiger partial charge in [0, 0.05) is 1.37 Å². The number of methoxy groups -OCH3 is 1. The molecule has 5 heteroatoms. The number of carbonyl (C=O) groups excluding carboxylic acids is 1. The van der Waals surface area contributed by atoms with E-state index in [1.807, 2.05) is 0 Å². The predicted molar refractivity (Wildman–Crippen MR) is 62.1 cm³/mol. The lowest BCUT2D eigenvalue weighted by Crippen LogP contribution is -2.33. The molecule has 3 nitrogen and oxygen atoms in total. The van der Waals surface area contributed by atoms with E-state index in [1.165, 1.54) is 19.2 Å². The lowest BCUT2D eigenvalue weighted by atomic mass is 10.0. The zero-order valence-corrected chi connectivity index (χ0v) is 9.72. The van der Waals surface area contributed by atoms with Crippen LogP contribution in [-0.4, -0.2) is 19.1 Å². The molecular formula is C11H15ClFNO2. The molecule has 1 rings (SSSR count). The van der Waals surface area contributed by atoms with Gasteiger partial charge in [-0.2, -0.15) is 0 Å². The summed E-state index contributed by atoms with van der Waals surface area (Å²) in [4.78, 5) is 11.1. The van der Waals surface area contributed by atoms with E-state index in [1.54, 1.807) is 6.07 Å². The monoisotopic (exact) mass is 248 g/mol. The number of aryl methyl sites for hydroxylation is 1. The van der Waals surface area contributed by atoms with Gasteiger partial charge in [0.15, 0.2) is 0 Å². The lowest BCUT2D eigenvalue weighted by molar-refractivity contribution is -0.142. The van der Waals surface area contributed by atoms with Gasteiger partial charge in [-0.25, -0.2) is 4.39 Å². The molecule has 1 aromatic rings. The van der Waals surface area contributed by atoms with Crippen molar-refractivity contribution in [1.29, 1.82) is 0 Å². The molecule has 1 atom stereocenters. The summed E-state index contributed by atoms with van der Waals surface area (Å²) < 4.78 is 24.8. The SMILES string of the molecule is Cl.[2H]Cc1ccc(C[C@H](N)C(=O)OC)cc1F. The first-order chi connectivity index (χ1) is 7.58. The molecule has 2 N–H and O–H groups in total. The Morgan fingerprint density at radius 2 is 2.38 bits per heavy atom. The third kappa shape index (κ3) is 3.79. The van der Waals surface area contributed by atoms with E-state index >= 15 is 0 Å². The van der Waals surface area contributed by atoms with Gasteiger partial charge in [-0.3, -0.25) is 4.79 Å². The van der Waals surface area contributed by atoms with E-state index < -0.39 is 17.8 Å². The van der Waals surface area contributed by atoms with E-state index in [0.717, 1.165) is 0 Å². The molecule has 0 aliphatic heterocycles. The summed E-state index contributed by atoms with van der Waals surface area (Å²) in [7, 11) is 1.26. The largest absolute Gasteiger partial charge is 0.468 e. The third-order valence-corrected chi connectivity index (χ3v) is 2.08. The van der Waals surface area contributed by atoms with Gasteiger partial charge in [-0.05, 0) is 30.5 Å². The number of rotatable bonds is 3. The minimum atomic E-state index is -0.786. The second-order valence-electron chi connectivity index (χ2n) is 3.26. The first kappa shape index (κ1) is 12.9. The molecule has 0 amide bonds. The topological polar surface area (TPSA) is 52.3 Å². The predicted octanol–water partition coefficient (Wildman–Crippen LogP) is 1.60. The van der Waals surface area contributed by atoms with Crippen molar-refractivity contribution in [2.24, 2.45) is 5.73 Å². The first-order valence-electron chi connectivity index (χ1n) is 5.19. The molecule has 0 fully saturated rings. The Balaban J connectivity index is 0.00000256.